The normalized spacial score (nSPS) is 13.7. The zero-order chi connectivity index (χ0) is 11.6. The summed E-state index contributed by atoms with van der Waals surface area (Å²) >= 11 is 0. The molecule has 84 valence electrons. The number of nitrogens with two attached hydrogens (primary N) is 1. The van der Waals surface area contributed by atoms with Crippen molar-refractivity contribution in [2.45, 2.75) is 40.7 Å². The van der Waals surface area contributed by atoms with E-state index in [0.717, 1.165) is 11.4 Å². The highest BCUT2D eigenvalue weighted by molar-refractivity contribution is 5.67. The highest BCUT2D eigenvalue weighted by Gasteiger charge is 2.20. The van der Waals surface area contributed by atoms with Crippen LogP contribution in [0.5, 0.6) is 0 Å². The van der Waals surface area contributed by atoms with Gasteiger partial charge in [0, 0.05) is 6.04 Å². The number of hydrogen-bond acceptors (Lipinski definition) is 2. The van der Waals surface area contributed by atoms with Gasteiger partial charge in [0.25, 0.3) is 0 Å². The maximum absolute atomic E-state index is 5.92. The van der Waals surface area contributed by atoms with Gasteiger partial charge >= 0.3 is 0 Å². The van der Waals surface area contributed by atoms with Gasteiger partial charge in [-0.2, -0.15) is 0 Å². The Morgan fingerprint density at radius 2 is 1.87 bits per heavy atom. The maximum atomic E-state index is 5.92. The van der Waals surface area contributed by atoms with Crippen LogP contribution in [0.25, 0.3) is 0 Å². The molecule has 1 unspecified atom stereocenters. The first-order chi connectivity index (χ1) is 6.80. The number of nitrogens with one attached hydrogen (secondary N) is 1. The molecule has 0 aliphatic rings. The number of benzene rings is 1. The van der Waals surface area contributed by atoms with Gasteiger partial charge in [-0.15, -0.1) is 0 Å². The summed E-state index contributed by atoms with van der Waals surface area (Å²) in [5, 5.41) is 3.47. The lowest BCUT2D eigenvalue weighted by Crippen LogP contribution is -2.31. The minimum absolute atomic E-state index is 0.232. The predicted octanol–water partition coefficient (Wildman–Crippen LogP) is 3.42. The van der Waals surface area contributed by atoms with E-state index in [-0.39, 0.29) is 5.41 Å². The fraction of sp³-hybridized carbons (Fsp3) is 0.538. The van der Waals surface area contributed by atoms with Gasteiger partial charge in [-0.3, -0.25) is 0 Å². The molecule has 0 aromatic heterocycles. The zero-order valence-corrected chi connectivity index (χ0v) is 10.4. The highest BCUT2D eigenvalue weighted by atomic mass is 14.9. The third-order valence-electron chi connectivity index (χ3n) is 2.88. The Morgan fingerprint density at radius 1 is 1.27 bits per heavy atom. The van der Waals surface area contributed by atoms with Crippen LogP contribution in [0.1, 0.15) is 33.3 Å². The number of rotatable bonds is 2. The SMILES string of the molecule is Cc1ccc(N)c(NC(C)C(C)(C)C)c1. The molecular weight excluding hydrogens is 184 g/mol. The van der Waals surface area contributed by atoms with Crippen molar-refractivity contribution in [3.05, 3.63) is 23.8 Å². The molecule has 2 heteroatoms. The third kappa shape index (κ3) is 3.15. The van der Waals surface area contributed by atoms with Crippen molar-refractivity contribution < 1.29 is 0 Å². The van der Waals surface area contributed by atoms with Crippen molar-refractivity contribution in [1.29, 1.82) is 0 Å². The van der Waals surface area contributed by atoms with Crippen molar-refractivity contribution in [2.24, 2.45) is 5.41 Å². The molecule has 15 heavy (non-hydrogen) atoms. The molecular formula is C13H22N2. The van der Waals surface area contributed by atoms with Crippen molar-refractivity contribution >= 4 is 11.4 Å². The first kappa shape index (κ1) is 11.9. The first-order valence-corrected chi connectivity index (χ1v) is 5.43. The molecule has 1 rings (SSSR count). The highest BCUT2D eigenvalue weighted by Crippen LogP contribution is 2.26. The standard InChI is InChI=1S/C13H22N2/c1-9-6-7-11(14)12(8-9)15-10(2)13(3,4)5/h6-8,10,15H,14H2,1-5H3. The first-order valence-electron chi connectivity index (χ1n) is 5.43. The van der Waals surface area contributed by atoms with Crippen molar-refractivity contribution in [3.63, 3.8) is 0 Å². The van der Waals surface area contributed by atoms with Crippen LogP contribution in [0, 0.1) is 12.3 Å². The molecule has 0 amide bonds. The molecule has 0 heterocycles. The van der Waals surface area contributed by atoms with E-state index in [0.29, 0.717) is 6.04 Å². The molecule has 0 aliphatic carbocycles. The van der Waals surface area contributed by atoms with Gasteiger partial charge in [0.05, 0.1) is 11.4 Å². The summed E-state index contributed by atoms with van der Waals surface area (Å²) in [7, 11) is 0. The van der Waals surface area contributed by atoms with Crippen LogP contribution >= 0.6 is 0 Å². The van der Waals surface area contributed by atoms with Crippen molar-refractivity contribution in [3.8, 4) is 0 Å². The van der Waals surface area contributed by atoms with Crippen LogP contribution in [0.3, 0.4) is 0 Å². The molecule has 2 nitrogen and oxygen atoms in total. The molecule has 0 fully saturated rings. The average molecular weight is 206 g/mol. The van der Waals surface area contributed by atoms with E-state index in [1.165, 1.54) is 5.56 Å². The van der Waals surface area contributed by atoms with E-state index >= 15 is 0 Å². The number of aryl methyl sites for hydroxylation is 1. The average Bonchev–Trinajstić information content (AvgIpc) is 2.09. The maximum Gasteiger partial charge on any atom is 0.0578 e. The summed E-state index contributed by atoms with van der Waals surface area (Å²) in [6.07, 6.45) is 0. The molecule has 0 aliphatic heterocycles. The lowest BCUT2D eigenvalue weighted by molar-refractivity contribution is 0.359. The Kier molecular flexibility index (Phi) is 3.28. The number of anilines is 2. The molecule has 0 bridgehead atoms. The predicted molar refractivity (Wildman–Crippen MR) is 68.1 cm³/mol. The van der Waals surface area contributed by atoms with Crippen LogP contribution in [0.15, 0.2) is 18.2 Å². The van der Waals surface area contributed by atoms with E-state index < -0.39 is 0 Å². The molecule has 1 aromatic rings. The van der Waals surface area contributed by atoms with Crippen LogP contribution in [0.2, 0.25) is 0 Å². The largest absolute Gasteiger partial charge is 0.397 e. The number of hydrogen-bond donors (Lipinski definition) is 2. The van der Waals surface area contributed by atoms with Gasteiger partial charge in [0.1, 0.15) is 0 Å². The molecule has 1 aromatic carbocycles. The Labute approximate surface area is 92.9 Å². The van der Waals surface area contributed by atoms with E-state index in [1.807, 2.05) is 12.1 Å². The van der Waals surface area contributed by atoms with Crippen LogP contribution in [-0.2, 0) is 0 Å². The smallest absolute Gasteiger partial charge is 0.0578 e. The second-order valence-electron chi connectivity index (χ2n) is 5.32. The molecule has 3 N–H and O–H groups in total. The second-order valence-corrected chi connectivity index (χ2v) is 5.32. The quantitative estimate of drug-likeness (QED) is 0.728. The Balaban J connectivity index is 2.85. The Bertz CT molecular complexity index is 337. The summed E-state index contributed by atoms with van der Waals surface area (Å²) in [4.78, 5) is 0. The molecule has 1 atom stereocenters. The van der Waals surface area contributed by atoms with E-state index in [9.17, 15) is 0 Å². The van der Waals surface area contributed by atoms with Crippen LogP contribution < -0.4 is 11.1 Å². The van der Waals surface area contributed by atoms with E-state index in [2.05, 4.69) is 46.0 Å². The monoisotopic (exact) mass is 206 g/mol. The summed E-state index contributed by atoms with van der Waals surface area (Å²) in [6, 6.07) is 6.47. The molecule has 0 saturated heterocycles. The van der Waals surface area contributed by atoms with Gasteiger partial charge in [-0.05, 0) is 37.0 Å². The minimum atomic E-state index is 0.232. The van der Waals surface area contributed by atoms with Gasteiger partial charge in [0.2, 0.25) is 0 Å². The van der Waals surface area contributed by atoms with Crippen molar-refractivity contribution in [1.82, 2.24) is 0 Å². The van der Waals surface area contributed by atoms with Gasteiger partial charge in [0.15, 0.2) is 0 Å². The van der Waals surface area contributed by atoms with Crippen LogP contribution in [-0.4, -0.2) is 6.04 Å². The molecule has 0 saturated carbocycles. The Morgan fingerprint density at radius 3 is 2.40 bits per heavy atom. The fourth-order valence-electron chi connectivity index (χ4n) is 1.24. The minimum Gasteiger partial charge on any atom is -0.397 e. The van der Waals surface area contributed by atoms with E-state index in [4.69, 9.17) is 5.73 Å². The topological polar surface area (TPSA) is 38.0 Å². The summed E-state index contributed by atoms with van der Waals surface area (Å²) in [5.41, 5.74) is 9.24. The molecule has 0 spiro atoms. The lowest BCUT2D eigenvalue weighted by atomic mass is 9.88. The summed E-state index contributed by atoms with van der Waals surface area (Å²) in [6.45, 7) is 10.9. The lowest BCUT2D eigenvalue weighted by Gasteiger charge is -2.29. The summed E-state index contributed by atoms with van der Waals surface area (Å²) in [5.74, 6) is 0. The van der Waals surface area contributed by atoms with Gasteiger partial charge in [-0.1, -0.05) is 26.8 Å². The summed E-state index contributed by atoms with van der Waals surface area (Å²) < 4.78 is 0. The van der Waals surface area contributed by atoms with Crippen LogP contribution in [0.4, 0.5) is 11.4 Å². The number of nitrogen functional groups attached to an aromatic ring is 1. The zero-order valence-electron chi connectivity index (χ0n) is 10.4. The van der Waals surface area contributed by atoms with Gasteiger partial charge < -0.3 is 11.1 Å². The molecule has 0 radical (unpaired) electrons. The second kappa shape index (κ2) is 4.13. The van der Waals surface area contributed by atoms with Gasteiger partial charge in [-0.25, -0.2) is 0 Å². The fourth-order valence-corrected chi connectivity index (χ4v) is 1.24. The van der Waals surface area contributed by atoms with E-state index in [1.54, 1.807) is 0 Å². The van der Waals surface area contributed by atoms with Crippen molar-refractivity contribution in [2.75, 3.05) is 11.1 Å². The Hall–Kier alpha value is -1.18. The third-order valence-corrected chi connectivity index (χ3v) is 2.88.